The van der Waals surface area contributed by atoms with E-state index in [9.17, 15) is 4.79 Å². The third-order valence-electron chi connectivity index (χ3n) is 5.84. The summed E-state index contributed by atoms with van der Waals surface area (Å²) < 4.78 is 7.23. The number of nitrogens with one attached hydrogen (secondary N) is 1. The van der Waals surface area contributed by atoms with E-state index < -0.39 is 0 Å². The zero-order valence-electron chi connectivity index (χ0n) is 18.0. The van der Waals surface area contributed by atoms with E-state index in [0.717, 1.165) is 33.4 Å². The first kappa shape index (κ1) is 21.8. The molecule has 0 saturated heterocycles. The van der Waals surface area contributed by atoms with E-state index in [4.69, 9.17) is 9.72 Å². The van der Waals surface area contributed by atoms with Crippen molar-refractivity contribution in [2.45, 2.75) is 43.8 Å². The van der Waals surface area contributed by atoms with E-state index in [1.807, 2.05) is 48.3 Å². The lowest BCUT2D eigenvalue weighted by atomic mass is 9.91. The summed E-state index contributed by atoms with van der Waals surface area (Å²) in [6.07, 6.45) is 10.5. The molecule has 1 aromatic carbocycles. The Balaban J connectivity index is 1.48. The van der Waals surface area contributed by atoms with Crippen LogP contribution in [0.4, 0.5) is 0 Å². The number of hydrogen-bond acceptors (Lipinski definition) is 5. The SMILES string of the molecule is COCCNC(=O)c1ccc(Cn2c(SCC3CCCCC3)nc3ccncc32)cc1. The number of carbonyl (C=O) groups excluding carboxylic acids is 1. The van der Waals surface area contributed by atoms with Crippen LogP contribution in [0.2, 0.25) is 0 Å². The van der Waals surface area contributed by atoms with E-state index in [2.05, 4.69) is 14.9 Å². The van der Waals surface area contributed by atoms with Crippen LogP contribution in [0.15, 0.2) is 47.9 Å². The smallest absolute Gasteiger partial charge is 0.251 e. The highest BCUT2D eigenvalue weighted by atomic mass is 32.2. The van der Waals surface area contributed by atoms with Crippen LogP contribution in [0.1, 0.15) is 48.0 Å². The van der Waals surface area contributed by atoms with Crippen molar-refractivity contribution in [2.24, 2.45) is 5.92 Å². The fourth-order valence-electron chi connectivity index (χ4n) is 4.07. The summed E-state index contributed by atoms with van der Waals surface area (Å²) in [6.45, 7) is 1.72. The Morgan fingerprint density at radius 1 is 1.19 bits per heavy atom. The second-order valence-corrected chi connectivity index (χ2v) is 9.09. The highest BCUT2D eigenvalue weighted by Gasteiger charge is 2.17. The highest BCUT2D eigenvalue weighted by Crippen LogP contribution is 2.31. The van der Waals surface area contributed by atoms with Gasteiger partial charge in [-0.25, -0.2) is 4.98 Å². The topological polar surface area (TPSA) is 69.0 Å². The molecule has 3 aromatic rings. The maximum atomic E-state index is 12.2. The van der Waals surface area contributed by atoms with Gasteiger partial charge in [0.25, 0.3) is 5.91 Å². The van der Waals surface area contributed by atoms with Crippen molar-refractivity contribution < 1.29 is 9.53 Å². The molecule has 7 heteroatoms. The molecule has 31 heavy (non-hydrogen) atoms. The molecular weight excluding hydrogens is 408 g/mol. The molecule has 1 saturated carbocycles. The molecule has 2 aromatic heterocycles. The van der Waals surface area contributed by atoms with E-state index >= 15 is 0 Å². The monoisotopic (exact) mass is 438 g/mol. The van der Waals surface area contributed by atoms with Gasteiger partial charge in [0.1, 0.15) is 0 Å². The number of pyridine rings is 1. The molecule has 1 amide bonds. The molecule has 1 aliphatic rings. The lowest BCUT2D eigenvalue weighted by molar-refractivity contribution is 0.0937. The molecule has 4 rings (SSSR count). The molecule has 6 nitrogen and oxygen atoms in total. The first-order valence-corrected chi connectivity index (χ1v) is 12.0. The van der Waals surface area contributed by atoms with Gasteiger partial charge in [-0.2, -0.15) is 0 Å². The van der Waals surface area contributed by atoms with Gasteiger partial charge < -0.3 is 14.6 Å². The average Bonchev–Trinajstić information content (AvgIpc) is 3.16. The summed E-state index contributed by atoms with van der Waals surface area (Å²) in [5, 5.41) is 3.91. The number of hydrogen-bond donors (Lipinski definition) is 1. The molecule has 2 heterocycles. The molecule has 1 aliphatic carbocycles. The van der Waals surface area contributed by atoms with Gasteiger partial charge in [0.2, 0.25) is 0 Å². The van der Waals surface area contributed by atoms with Crippen LogP contribution >= 0.6 is 11.8 Å². The maximum Gasteiger partial charge on any atom is 0.251 e. The van der Waals surface area contributed by atoms with Gasteiger partial charge in [-0.05, 0) is 42.5 Å². The maximum absolute atomic E-state index is 12.2. The molecule has 0 spiro atoms. The largest absolute Gasteiger partial charge is 0.383 e. The Kier molecular flexibility index (Phi) is 7.59. The van der Waals surface area contributed by atoms with Crippen molar-refractivity contribution in [3.63, 3.8) is 0 Å². The molecule has 0 atom stereocenters. The van der Waals surface area contributed by atoms with Crippen molar-refractivity contribution in [3.05, 3.63) is 53.9 Å². The van der Waals surface area contributed by atoms with Crippen molar-refractivity contribution in [3.8, 4) is 0 Å². The van der Waals surface area contributed by atoms with Crippen molar-refractivity contribution >= 4 is 28.7 Å². The Morgan fingerprint density at radius 3 is 2.77 bits per heavy atom. The van der Waals surface area contributed by atoms with Gasteiger partial charge in [0.05, 0.1) is 30.4 Å². The molecule has 1 N–H and O–H groups in total. The van der Waals surface area contributed by atoms with Gasteiger partial charge in [-0.1, -0.05) is 43.2 Å². The number of carbonyl (C=O) groups is 1. The molecule has 0 radical (unpaired) electrons. The van der Waals surface area contributed by atoms with E-state index in [1.54, 1.807) is 13.3 Å². The van der Waals surface area contributed by atoms with E-state index in [0.29, 0.717) is 25.3 Å². The number of aromatic nitrogens is 3. The van der Waals surface area contributed by atoms with E-state index in [1.165, 1.54) is 32.1 Å². The predicted molar refractivity (Wildman–Crippen MR) is 125 cm³/mol. The number of imidazole rings is 1. The number of rotatable bonds is 9. The summed E-state index contributed by atoms with van der Waals surface area (Å²) in [5.74, 6) is 1.84. The number of thioether (sulfide) groups is 1. The van der Waals surface area contributed by atoms with Gasteiger partial charge in [-0.15, -0.1) is 0 Å². The number of amides is 1. The van der Waals surface area contributed by atoms with Gasteiger partial charge in [0, 0.05) is 31.2 Å². The molecular formula is C24H30N4O2S. The lowest BCUT2D eigenvalue weighted by Gasteiger charge is -2.21. The van der Waals surface area contributed by atoms with E-state index in [-0.39, 0.29) is 5.91 Å². The number of nitrogens with zero attached hydrogens (tertiary/aromatic N) is 3. The summed E-state index contributed by atoms with van der Waals surface area (Å²) in [4.78, 5) is 21.4. The van der Waals surface area contributed by atoms with Crippen LogP contribution in [0.3, 0.4) is 0 Å². The number of methoxy groups -OCH3 is 1. The highest BCUT2D eigenvalue weighted by molar-refractivity contribution is 7.99. The van der Waals surface area contributed by atoms with Gasteiger partial charge >= 0.3 is 0 Å². The molecule has 0 unspecified atom stereocenters. The second-order valence-electron chi connectivity index (χ2n) is 8.11. The quantitative estimate of drug-likeness (QED) is 0.393. The second kappa shape index (κ2) is 10.8. The van der Waals surface area contributed by atoms with Crippen LogP contribution in [0, 0.1) is 5.92 Å². The van der Waals surface area contributed by atoms with Gasteiger partial charge in [0.15, 0.2) is 5.16 Å². The van der Waals surface area contributed by atoms with Crippen LogP contribution in [-0.4, -0.2) is 46.5 Å². The van der Waals surface area contributed by atoms with Crippen molar-refractivity contribution in [1.29, 1.82) is 0 Å². The van der Waals surface area contributed by atoms with Gasteiger partial charge in [-0.3, -0.25) is 9.78 Å². The molecule has 164 valence electrons. The lowest BCUT2D eigenvalue weighted by Crippen LogP contribution is -2.26. The Morgan fingerprint density at radius 2 is 2.00 bits per heavy atom. The normalized spacial score (nSPS) is 14.7. The first-order chi connectivity index (χ1) is 15.2. The minimum atomic E-state index is -0.0791. The first-order valence-electron chi connectivity index (χ1n) is 11.0. The minimum Gasteiger partial charge on any atom is -0.383 e. The Hall–Kier alpha value is -2.38. The molecule has 1 fully saturated rings. The summed E-state index contributed by atoms with van der Waals surface area (Å²) in [5.41, 5.74) is 3.82. The fourth-order valence-corrected chi connectivity index (χ4v) is 5.27. The minimum absolute atomic E-state index is 0.0791. The zero-order chi connectivity index (χ0) is 21.5. The fraction of sp³-hybridized carbons (Fsp3) is 0.458. The summed E-state index contributed by atoms with van der Waals surface area (Å²) in [6, 6.07) is 9.77. The molecule has 0 bridgehead atoms. The third-order valence-corrected chi connectivity index (χ3v) is 7.04. The van der Waals surface area contributed by atoms with Crippen LogP contribution in [0.25, 0.3) is 11.0 Å². The summed E-state index contributed by atoms with van der Waals surface area (Å²) in [7, 11) is 1.62. The standard InChI is InChI=1S/C24H30N4O2S/c1-30-14-13-26-23(29)20-9-7-18(8-10-20)16-28-22-15-25-12-11-21(22)27-24(28)31-17-19-5-3-2-4-6-19/h7-12,15,19H,2-6,13-14,16-17H2,1H3,(H,26,29). The molecule has 0 aliphatic heterocycles. The predicted octanol–water partition coefficient (Wildman–Crippen LogP) is 4.53. The van der Waals surface area contributed by atoms with Crippen LogP contribution in [0.5, 0.6) is 0 Å². The van der Waals surface area contributed by atoms with Crippen LogP contribution in [-0.2, 0) is 11.3 Å². The number of benzene rings is 1. The van der Waals surface area contributed by atoms with Crippen LogP contribution < -0.4 is 5.32 Å². The third kappa shape index (κ3) is 5.66. The Labute approximate surface area is 187 Å². The Bertz CT molecular complexity index is 996. The average molecular weight is 439 g/mol. The number of fused-ring (bicyclic) bond motifs is 1. The van der Waals surface area contributed by atoms with Crippen molar-refractivity contribution in [1.82, 2.24) is 19.9 Å². The number of ether oxygens (including phenoxy) is 1. The summed E-state index contributed by atoms with van der Waals surface area (Å²) >= 11 is 1.87. The van der Waals surface area contributed by atoms with Crippen molar-refractivity contribution in [2.75, 3.05) is 26.0 Å². The zero-order valence-corrected chi connectivity index (χ0v) is 18.9.